The van der Waals surface area contributed by atoms with Crippen LogP contribution in [-0.4, -0.2) is 178 Å². The third-order valence-corrected chi connectivity index (χ3v) is 14.7. The number of aliphatic hydroxyl groups is 1. The third-order valence-electron chi connectivity index (χ3n) is 14.7. The molecule has 1 aromatic heterocycles. The lowest BCUT2D eigenvalue weighted by molar-refractivity contribution is -0.142. The Balaban J connectivity index is 1.37. The molecule has 9 amide bonds. The van der Waals surface area contributed by atoms with E-state index < -0.39 is 151 Å². The first-order valence-corrected chi connectivity index (χ1v) is 29.3. The van der Waals surface area contributed by atoms with Gasteiger partial charge in [0.15, 0.2) is 0 Å². The van der Waals surface area contributed by atoms with E-state index in [0.717, 1.165) is 6.92 Å². The highest BCUT2D eigenvalue weighted by Gasteiger charge is 2.37. The molecular formula is C62H78N12O18. The van der Waals surface area contributed by atoms with Crippen LogP contribution in [0.3, 0.4) is 0 Å². The van der Waals surface area contributed by atoms with Crippen LogP contribution in [0.2, 0.25) is 0 Å². The Kier molecular flexibility index (Phi) is 27.4. The van der Waals surface area contributed by atoms with Crippen molar-refractivity contribution in [3.63, 3.8) is 0 Å². The number of carbonyl (C=O) groups excluding carboxylic acids is 9. The van der Waals surface area contributed by atoms with Crippen molar-refractivity contribution < 1.29 is 88.5 Å². The Bertz CT molecular complexity index is 3330. The molecule has 0 aliphatic rings. The van der Waals surface area contributed by atoms with Gasteiger partial charge in [-0.25, -0.2) is 9.78 Å². The average molecular weight is 1280 g/mol. The molecule has 19 N–H and O–H groups in total. The molecule has 0 unspecified atom stereocenters. The number of aromatic hydroxyl groups is 4. The van der Waals surface area contributed by atoms with Gasteiger partial charge in [0.25, 0.3) is 0 Å². The first-order chi connectivity index (χ1) is 43.6. The predicted octanol–water partition coefficient (Wildman–Crippen LogP) is -1.54. The summed E-state index contributed by atoms with van der Waals surface area (Å²) in [6.07, 6.45) is -1.31. The van der Waals surface area contributed by atoms with E-state index in [4.69, 9.17) is 5.73 Å². The first-order valence-electron chi connectivity index (χ1n) is 29.3. The number of hydrogen-bond donors (Lipinski definition) is 18. The number of rotatable bonds is 35. The maximum absolute atomic E-state index is 14.6. The molecule has 0 saturated heterocycles. The van der Waals surface area contributed by atoms with E-state index in [9.17, 15) is 88.5 Å². The fraction of sp³-hybridized carbons (Fsp3) is 0.387. The maximum atomic E-state index is 14.6. The number of aromatic nitrogens is 2. The Morgan fingerprint density at radius 1 is 0.457 bits per heavy atom. The van der Waals surface area contributed by atoms with Gasteiger partial charge in [-0.15, -0.1) is 0 Å². The number of carboxylic acids is 2. The molecule has 494 valence electrons. The number of aromatic amines is 1. The minimum atomic E-state index is -1.92. The van der Waals surface area contributed by atoms with Crippen molar-refractivity contribution in [2.45, 2.75) is 140 Å². The highest BCUT2D eigenvalue weighted by Crippen LogP contribution is 2.18. The third kappa shape index (κ3) is 23.1. The Morgan fingerprint density at radius 2 is 0.815 bits per heavy atom. The number of aliphatic carboxylic acids is 2. The fourth-order valence-electron chi connectivity index (χ4n) is 9.27. The molecule has 5 rings (SSSR count). The Morgan fingerprint density at radius 3 is 1.18 bits per heavy atom. The van der Waals surface area contributed by atoms with Gasteiger partial charge in [0.2, 0.25) is 53.2 Å². The molecule has 0 radical (unpaired) electrons. The standard InChI is InChI=1S/C62H78N12O18/c1-5-32(2)52(60(89)72-49(62(91)92)28-39-30-64-31-65-39)73-58(87)47(26-37-10-18-42(78)19-11-37)71-57(86)46(25-36-8-16-41(77)17-9-36)69-54(83)33(3)66-55(84)44(22-23-51(81)82)68-61(90)53(34(4)75)74-59(88)48(27-38-12-20-43(79)21-13-38)70-56(85)45(67-50(80)29-63)24-35-6-14-40(76)15-7-35/h6-21,30-34,44-49,52-53,75-79H,5,22-29,63H2,1-4H3,(H,64,65)(H,66,84)(H,67,80)(H,68,90)(H,69,83)(H,70,85)(H,71,86)(H,72,89)(H,73,87)(H,74,88)(H,81,82)(H,91,92)/t32-,33-,34+,44-,45-,46-,47-,48-,49-,52-,53-/m0/s1. The summed E-state index contributed by atoms with van der Waals surface area (Å²) in [7, 11) is 0. The second-order valence-corrected chi connectivity index (χ2v) is 22.0. The van der Waals surface area contributed by atoms with Gasteiger partial charge < -0.3 is 94.3 Å². The number of aliphatic hydroxyl groups excluding tert-OH is 1. The zero-order valence-corrected chi connectivity index (χ0v) is 50.8. The van der Waals surface area contributed by atoms with E-state index in [0.29, 0.717) is 34.4 Å². The monoisotopic (exact) mass is 1280 g/mol. The molecule has 0 aliphatic heterocycles. The van der Waals surface area contributed by atoms with Crippen LogP contribution in [0.5, 0.6) is 23.0 Å². The Labute approximate surface area is 527 Å². The lowest BCUT2D eigenvalue weighted by atomic mass is 9.96. The highest BCUT2D eigenvalue weighted by atomic mass is 16.4. The van der Waals surface area contributed by atoms with Crippen LogP contribution in [0, 0.1) is 5.92 Å². The van der Waals surface area contributed by atoms with Crippen LogP contribution in [-0.2, 0) is 84.8 Å². The van der Waals surface area contributed by atoms with Gasteiger partial charge in [-0.1, -0.05) is 68.8 Å². The number of nitrogens with two attached hydrogens (primary N) is 1. The molecule has 0 bridgehead atoms. The SMILES string of the molecule is CC[C@H](C)[C@H](NC(=O)[C@H](Cc1ccc(O)cc1)NC(=O)[C@H](Cc1ccc(O)cc1)NC(=O)[C@H](C)NC(=O)[C@H](CCC(=O)O)NC(=O)[C@@H](NC(=O)[C@H](Cc1ccc(O)cc1)NC(=O)[C@H](Cc1ccc(O)cc1)NC(=O)CN)[C@@H](C)O)C(=O)N[C@@H](Cc1cnc[nH]1)C(=O)O. The molecule has 1 heterocycles. The summed E-state index contributed by atoms with van der Waals surface area (Å²) in [5, 5.41) is 92.9. The largest absolute Gasteiger partial charge is 0.508 e. The van der Waals surface area contributed by atoms with E-state index in [1.807, 2.05) is 0 Å². The normalized spacial score (nSPS) is 14.6. The predicted molar refractivity (Wildman–Crippen MR) is 327 cm³/mol. The lowest BCUT2D eigenvalue weighted by Gasteiger charge is -2.29. The van der Waals surface area contributed by atoms with Gasteiger partial charge in [-0.3, -0.25) is 47.9 Å². The fourth-order valence-corrected chi connectivity index (χ4v) is 9.27. The molecule has 11 atom stereocenters. The van der Waals surface area contributed by atoms with Crippen molar-refractivity contribution >= 4 is 65.1 Å². The van der Waals surface area contributed by atoms with Gasteiger partial charge >= 0.3 is 11.9 Å². The molecule has 92 heavy (non-hydrogen) atoms. The quantitative estimate of drug-likeness (QED) is 0.0219. The Hall–Kier alpha value is -10.6. The number of carbonyl (C=O) groups is 11. The molecular weight excluding hydrogens is 1200 g/mol. The van der Waals surface area contributed by atoms with Crippen LogP contribution >= 0.6 is 0 Å². The van der Waals surface area contributed by atoms with Crippen molar-refractivity contribution in [2.75, 3.05) is 6.54 Å². The summed E-state index contributed by atoms with van der Waals surface area (Å²) in [6.45, 7) is 5.14. The van der Waals surface area contributed by atoms with Crippen LogP contribution in [0.15, 0.2) is 110 Å². The molecule has 0 saturated carbocycles. The van der Waals surface area contributed by atoms with E-state index in [-0.39, 0.29) is 55.1 Å². The number of nitrogens with zero attached hydrogens (tertiary/aromatic N) is 1. The van der Waals surface area contributed by atoms with Crippen LogP contribution in [0.25, 0.3) is 0 Å². The minimum absolute atomic E-state index is 0.0787. The number of nitrogens with one attached hydrogen (secondary N) is 10. The summed E-state index contributed by atoms with van der Waals surface area (Å²) >= 11 is 0. The van der Waals surface area contributed by atoms with Crippen LogP contribution < -0.4 is 53.6 Å². The van der Waals surface area contributed by atoms with Gasteiger partial charge in [-0.05, 0) is 97.0 Å². The second kappa shape index (κ2) is 35.0. The van der Waals surface area contributed by atoms with Gasteiger partial charge in [-0.2, -0.15) is 0 Å². The van der Waals surface area contributed by atoms with Crippen molar-refractivity contribution in [1.29, 1.82) is 0 Å². The smallest absolute Gasteiger partial charge is 0.326 e. The number of carboxylic acid groups (broad SMARTS) is 2. The van der Waals surface area contributed by atoms with Crippen molar-refractivity contribution in [3.05, 3.63) is 138 Å². The van der Waals surface area contributed by atoms with E-state index >= 15 is 0 Å². The number of amides is 9. The number of benzene rings is 4. The average Bonchev–Trinajstić information content (AvgIpc) is 1.31. The minimum Gasteiger partial charge on any atom is -0.508 e. The van der Waals surface area contributed by atoms with E-state index in [1.165, 1.54) is 117 Å². The molecule has 0 aliphatic carbocycles. The number of H-pyrrole nitrogens is 1. The first kappa shape index (κ1) is 72.1. The molecule has 30 heteroatoms. The highest BCUT2D eigenvalue weighted by molar-refractivity contribution is 5.99. The van der Waals surface area contributed by atoms with Gasteiger partial charge in [0.1, 0.15) is 77.4 Å². The summed E-state index contributed by atoms with van der Waals surface area (Å²) in [4.78, 5) is 157. The zero-order valence-electron chi connectivity index (χ0n) is 50.8. The maximum Gasteiger partial charge on any atom is 0.326 e. The summed E-state index contributed by atoms with van der Waals surface area (Å²) in [6, 6.07) is 8.03. The van der Waals surface area contributed by atoms with Gasteiger partial charge in [0.05, 0.1) is 19.0 Å². The summed E-state index contributed by atoms with van der Waals surface area (Å²) in [5.74, 6) is -12.8. The van der Waals surface area contributed by atoms with Gasteiger partial charge in [0, 0.05) is 50.4 Å². The van der Waals surface area contributed by atoms with E-state index in [2.05, 4.69) is 57.8 Å². The van der Waals surface area contributed by atoms with E-state index in [1.54, 1.807) is 13.8 Å². The number of phenolic OH excluding ortho intramolecular Hbond substituents is 4. The van der Waals surface area contributed by atoms with Crippen molar-refractivity contribution in [3.8, 4) is 23.0 Å². The molecule has 4 aromatic carbocycles. The zero-order chi connectivity index (χ0) is 67.8. The van der Waals surface area contributed by atoms with Crippen molar-refractivity contribution in [1.82, 2.24) is 57.8 Å². The summed E-state index contributed by atoms with van der Waals surface area (Å²) in [5.41, 5.74) is 7.56. The number of hydrogen-bond acceptors (Lipinski definition) is 18. The second-order valence-electron chi connectivity index (χ2n) is 22.0. The van der Waals surface area contributed by atoms with Crippen LogP contribution in [0.4, 0.5) is 0 Å². The molecule has 0 spiro atoms. The van der Waals surface area contributed by atoms with Crippen LogP contribution in [0.1, 0.15) is 74.9 Å². The number of phenols is 4. The topological polar surface area (TPSA) is 492 Å². The molecule has 30 nitrogen and oxygen atoms in total. The lowest BCUT2D eigenvalue weighted by Crippen LogP contribution is -2.62. The molecule has 0 fully saturated rings. The summed E-state index contributed by atoms with van der Waals surface area (Å²) < 4.78 is 0. The van der Waals surface area contributed by atoms with Crippen molar-refractivity contribution in [2.24, 2.45) is 11.7 Å². The molecule has 5 aromatic rings. The number of imidazole rings is 1.